The number of rotatable bonds is 2. The molecule has 2 heterocycles. The SMILES string of the molecule is COc1ccc(C2C3=C(NCN=C3N)Oc3cc(O)ccc32)cc1. The molecular formula is C18H17N3O3. The molecule has 6 nitrogen and oxygen atoms in total. The van der Waals surface area contributed by atoms with E-state index in [1.165, 1.54) is 0 Å². The second-order valence-corrected chi connectivity index (χ2v) is 5.65. The number of nitrogens with two attached hydrogens (primary N) is 1. The maximum absolute atomic E-state index is 9.78. The monoisotopic (exact) mass is 323 g/mol. The number of nitrogens with one attached hydrogen (secondary N) is 1. The third-order valence-electron chi connectivity index (χ3n) is 4.27. The summed E-state index contributed by atoms with van der Waals surface area (Å²) >= 11 is 0. The van der Waals surface area contributed by atoms with E-state index in [0.29, 0.717) is 24.1 Å². The lowest BCUT2D eigenvalue weighted by Crippen LogP contribution is -2.37. The zero-order chi connectivity index (χ0) is 16.7. The lowest BCUT2D eigenvalue weighted by atomic mass is 9.82. The van der Waals surface area contributed by atoms with Crippen LogP contribution in [0.25, 0.3) is 0 Å². The molecule has 2 aromatic carbocycles. The largest absolute Gasteiger partial charge is 0.508 e. The highest BCUT2D eigenvalue weighted by molar-refractivity contribution is 6.00. The number of phenols is 1. The Morgan fingerprint density at radius 3 is 2.79 bits per heavy atom. The minimum absolute atomic E-state index is 0.133. The van der Waals surface area contributed by atoms with Crippen molar-refractivity contribution in [3.8, 4) is 17.2 Å². The van der Waals surface area contributed by atoms with Crippen molar-refractivity contribution < 1.29 is 14.6 Å². The van der Waals surface area contributed by atoms with Crippen LogP contribution >= 0.6 is 0 Å². The molecule has 0 saturated carbocycles. The van der Waals surface area contributed by atoms with Gasteiger partial charge in [-0.05, 0) is 23.8 Å². The van der Waals surface area contributed by atoms with Gasteiger partial charge in [-0.15, -0.1) is 0 Å². The lowest BCUT2D eigenvalue weighted by Gasteiger charge is -2.32. The Kier molecular flexibility index (Phi) is 3.30. The standard InChI is InChI=1S/C18H17N3O3/c1-23-12-5-2-10(3-6-12)15-13-7-4-11(22)8-14(13)24-18-16(15)17(19)20-9-21-18/h2-8,15,21-22H,9H2,1H3,(H2,19,20). The quantitative estimate of drug-likeness (QED) is 0.787. The van der Waals surface area contributed by atoms with E-state index < -0.39 is 0 Å². The molecule has 0 aromatic heterocycles. The van der Waals surface area contributed by atoms with Crippen LogP contribution in [0.2, 0.25) is 0 Å². The maximum atomic E-state index is 9.78. The van der Waals surface area contributed by atoms with E-state index in [-0.39, 0.29) is 11.7 Å². The van der Waals surface area contributed by atoms with E-state index in [1.54, 1.807) is 19.2 Å². The summed E-state index contributed by atoms with van der Waals surface area (Å²) in [6.07, 6.45) is 0. The van der Waals surface area contributed by atoms with Crippen LogP contribution in [-0.4, -0.2) is 24.7 Å². The third-order valence-corrected chi connectivity index (χ3v) is 4.27. The number of ether oxygens (including phenoxy) is 2. The Labute approximate surface area is 139 Å². The zero-order valence-corrected chi connectivity index (χ0v) is 13.1. The highest BCUT2D eigenvalue weighted by atomic mass is 16.5. The molecular weight excluding hydrogens is 306 g/mol. The van der Waals surface area contributed by atoms with E-state index >= 15 is 0 Å². The van der Waals surface area contributed by atoms with Crippen LogP contribution in [0.15, 0.2) is 58.9 Å². The molecule has 0 spiro atoms. The van der Waals surface area contributed by atoms with Gasteiger partial charge in [-0.3, -0.25) is 0 Å². The Balaban J connectivity index is 1.90. The van der Waals surface area contributed by atoms with Crippen LogP contribution < -0.4 is 20.5 Å². The van der Waals surface area contributed by atoms with Crippen LogP contribution in [0, 0.1) is 0 Å². The van der Waals surface area contributed by atoms with Gasteiger partial charge in [-0.25, -0.2) is 4.99 Å². The van der Waals surface area contributed by atoms with Gasteiger partial charge in [0.05, 0.1) is 12.7 Å². The van der Waals surface area contributed by atoms with E-state index in [2.05, 4.69) is 10.3 Å². The summed E-state index contributed by atoms with van der Waals surface area (Å²) in [4.78, 5) is 4.29. The van der Waals surface area contributed by atoms with Crippen LogP contribution in [0.1, 0.15) is 17.0 Å². The number of aliphatic imine (C=N–C) groups is 1. The van der Waals surface area contributed by atoms with Crippen molar-refractivity contribution in [1.29, 1.82) is 0 Å². The van der Waals surface area contributed by atoms with E-state index in [9.17, 15) is 5.11 Å². The van der Waals surface area contributed by atoms with Gasteiger partial charge in [0.15, 0.2) is 0 Å². The van der Waals surface area contributed by atoms with Gasteiger partial charge in [0.25, 0.3) is 0 Å². The molecule has 122 valence electrons. The van der Waals surface area contributed by atoms with Crippen molar-refractivity contribution >= 4 is 5.84 Å². The first kappa shape index (κ1) is 14.4. The predicted octanol–water partition coefficient (Wildman–Crippen LogP) is 2.05. The van der Waals surface area contributed by atoms with E-state index in [1.807, 2.05) is 30.3 Å². The number of methoxy groups -OCH3 is 1. The number of benzene rings is 2. The van der Waals surface area contributed by atoms with Crippen molar-refractivity contribution in [2.24, 2.45) is 10.7 Å². The predicted molar refractivity (Wildman–Crippen MR) is 90.2 cm³/mol. The van der Waals surface area contributed by atoms with Crippen molar-refractivity contribution in [2.75, 3.05) is 13.8 Å². The molecule has 1 unspecified atom stereocenters. The van der Waals surface area contributed by atoms with Gasteiger partial charge in [-0.1, -0.05) is 18.2 Å². The molecule has 2 aliphatic heterocycles. The zero-order valence-electron chi connectivity index (χ0n) is 13.1. The van der Waals surface area contributed by atoms with Gasteiger partial charge < -0.3 is 25.6 Å². The third kappa shape index (κ3) is 2.23. The number of amidine groups is 1. The maximum Gasteiger partial charge on any atom is 0.202 e. The molecule has 24 heavy (non-hydrogen) atoms. The van der Waals surface area contributed by atoms with Gasteiger partial charge in [0.2, 0.25) is 5.88 Å². The number of hydrogen-bond acceptors (Lipinski definition) is 6. The number of phenolic OH excluding ortho intramolecular Hbond substituents is 1. The van der Waals surface area contributed by atoms with Crippen LogP contribution in [0.5, 0.6) is 17.2 Å². The van der Waals surface area contributed by atoms with Crippen molar-refractivity contribution in [3.05, 3.63) is 65.0 Å². The summed E-state index contributed by atoms with van der Waals surface area (Å²) in [5.41, 5.74) is 8.94. The Bertz CT molecular complexity index is 856. The minimum atomic E-state index is -0.133. The number of hydrogen-bond donors (Lipinski definition) is 3. The fourth-order valence-corrected chi connectivity index (χ4v) is 3.12. The molecule has 0 fully saturated rings. The smallest absolute Gasteiger partial charge is 0.202 e. The van der Waals surface area contributed by atoms with Crippen molar-refractivity contribution in [3.63, 3.8) is 0 Å². The van der Waals surface area contributed by atoms with Gasteiger partial charge >= 0.3 is 0 Å². The van der Waals surface area contributed by atoms with Gasteiger partial charge in [0, 0.05) is 17.5 Å². The molecule has 1 atom stereocenters. The average Bonchev–Trinajstić information content (AvgIpc) is 2.60. The molecule has 0 radical (unpaired) electrons. The summed E-state index contributed by atoms with van der Waals surface area (Å²) in [5.74, 6) is 2.46. The lowest BCUT2D eigenvalue weighted by molar-refractivity contribution is 0.353. The molecule has 0 aliphatic carbocycles. The van der Waals surface area contributed by atoms with Crippen LogP contribution in [-0.2, 0) is 0 Å². The van der Waals surface area contributed by atoms with Crippen LogP contribution in [0.4, 0.5) is 0 Å². The Hall–Kier alpha value is -3.15. The molecule has 0 saturated heterocycles. The molecule has 2 aromatic rings. The van der Waals surface area contributed by atoms with Gasteiger partial charge in [0.1, 0.15) is 29.8 Å². The van der Waals surface area contributed by atoms with E-state index in [0.717, 1.165) is 22.4 Å². The summed E-state index contributed by atoms with van der Waals surface area (Å²) in [7, 11) is 1.64. The summed E-state index contributed by atoms with van der Waals surface area (Å²) in [5, 5.41) is 12.9. The van der Waals surface area contributed by atoms with Crippen molar-refractivity contribution in [1.82, 2.24) is 5.32 Å². The fraction of sp³-hybridized carbons (Fsp3) is 0.167. The highest BCUT2D eigenvalue weighted by Crippen LogP contribution is 2.44. The summed E-state index contributed by atoms with van der Waals surface area (Å²) < 4.78 is 11.1. The normalized spacial score (nSPS) is 18.7. The molecule has 0 bridgehead atoms. The second kappa shape index (κ2) is 5.49. The first-order chi connectivity index (χ1) is 11.7. The highest BCUT2D eigenvalue weighted by Gasteiger charge is 2.34. The molecule has 2 aliphatic rings. The molecule has 4 N–H and O–H groups in total. The summed E-state index contributed by atoms with van der Waals surface area (Å²) in [6, 6.07) is 12.9. The van der Waals surface area contributed by atoms with Crippen molar-refractivity contribution in [2.45, 2.75) is 5.92 Å². The van der Waals surface area contributed by atoms with E-state index in [4.69, 9.17) is 15.2 Å². The topological polar surface area (TPSA) is 89.1 Å². The Morgan fingerprint density at radius 2 is 2.04 bits per heavy atom. The minimum Gasteiger partial charge on any atom is -0.508 e. The fourth-order valence-electron chi connectivity index (χ4n) is 3.12. The van der Waals surface area contributed by atoms with Crippen LogP contribution in [0.3, 0.4) is 0 Å². The number of fused-ring (bicyclic) bond motifs is 1. The first-order valence-corrected chi connectivity index (χ1v) is 7.60. The number of aromatic hydroxyl groups is 1. The average molecular weight is 323 g/mol. The second-order valence-electron chi connectivity index (χ2n) is 5.65. The Morgan fingerprint density at radius 1 is 1.25 bits per heavy atom. The van der Waals surface area contributed by atoms with Gasteiger partial charge in [-0.2, -0.15) is 0 Å². The molecule has 4 rings (SSSR count). The summed E-state index contributed by atoms with van der Waals surface area (Å²) in [6.45, 7) is 0.369. The molecule has 0 amide bonds. The first-order valence-electron chi connectivity index (χ1n) is 7.60. The molecule has 6 heteroatoms. The number of nitrogens with zero attached hydrogens (tertiary/aromatic N) is 1.